The Morgan fingerprint density at radius 1 is 1.30 bits per heavy atom. The first-order chi connectivity index (χ1) is 10.9. The van der Waals surface area contributed by atoms with E-state index >= 15 is 0 Å². The molecule has 1 saturated carbocycles. The lowest BCUT2D eigenvalue weighted by Crippen LogP contribution is -2.49. The largest absolute Gasteiger partial charge is 0.375 e. The van der Waals surface area contributed by atoms with Crippen molar-refractivity contribution in [2.24, 2.45) is 0 Å². The number of hydrogen-bond donors (Lipinski definition) is 2. The van der Waals surface area contributed by atoms with Gasteiger partial charge >= 0.3 is 0 Å². The van der Waals surface area contributed by atoms with E-state index < -0.39 is 10.1 Å². The molecule has 0 aromatic heterocycles. The monoisotopic (exact) mass is 405 g/mol. The summed E-state index contributed by atoms with van der Waals surface area (Å²) in [5.74, 6) is -0.216. The van der Waals surface area contributed by atoms with E-state index in [1.54, 1.807) is 7.11 Å². The molecular formula is C16H24BrNO4S. The quantitative estimate of drug-likeness (QED) is 0.512. The molecule has 0 aliphatic heterocycles. The van der Waals surface area contributed by atoms with Crippen LogP contribution in [0.1, 0.15) is 43.8 Å². The summed E-state index contributed by atoms with van der Waals surface area (Å²) >= 11 is 3.45. The molecule has 1 aromatic carbocycles. The van der Waals surface area contributed by atoms with Crippen molar-refractivity contribution < 1.29 is 17.7 Å². The number of hydrogen-bond acceptors (Lipinski definition) is 4. The van der Waals surface area contributed by atoms with E-state index in [0.29, 0.717) is 13.0 Å². The number of methoxy groups -OCH3 is 1. The van der Waals surface area contributed by atoms with Gasteiger partial charge in [-0.15, -0.1) is 0 Å². The maximum absolute atomic E-state index is 10.8. The summed E-state index contributed by atoms with van der Waals surface area (Å²) in [6.45, 7) is 0.538. The fourth-order valence-corrected chi connectivity index (χ4v) is 4.22. The van der Waals surface area contributed by atoms with Crippen LogP contribution in [0.5, 0.6) is 0 Å². The lowest BCUT2D eigenvalue weighted by Gasteiger charge is -2.38. The van der Waals surface area contributed by atoms with Gasteiger partial charge in [0.1, 0.15) is 6.10 Å². The molecule has 0 radical (unpaired) electrons. The highest BCUT2D eigenvalue weighted by Crippen LogP contribution is 2.42. The smallest absolute Gasteiger partial charge is 0.264 e. The summed E-state index contributed by atoms with van der Waals surface area (Å²) < 4.78 is 37.4. The van der Waals surface area contributed by atoms with Gasteiger partial charge in [-0.3, -0.25) is 4.55 Å². The summed E-state index contributed by atoms with van der Waals surface area (Å²) in [6, 6.07) is 8.11. The van der Waals surface area contributed by atoms with Gasteiger partial charge in [-0.2, -0.15) is 8.42 Å². The Morgan fingerprint density at radius 2 is 1.91 bits per heavy atom. The Bertz CT molecular complexity index is 597. The number of rotatable bonds is 8. The average molecular weight is 406 g/mol. The van der Waals surface area contributed by atoms with Crippen molar-refractivity contribution in [3.8, 4) is 0 Å². The van der Waals surface area contributed by atoms with E-state index in [9.17, 15) is 8.42 Å². The van der Waals surface area contributed by atoms with E-state index in [0.717, 1.165) is 35.7 Å². The number of benzene rings is 1. The zero-order chi connectivity index (χ0) is 16.9. The van der Waals surface area contributed by atoms with Crippen LogP contribution >= 0.6 is 15.9 Å². The maximum atomic E-state index is 10.8. The molecule has 130 valence electrons. The highest BCUT2D eigenvalue weighted by Gasteiger charge is 2.41. The molecular weight excluding hydrogens is 382 g/mol. The zero-order valence-corrected chi connectivity index (χ0v) is 15.7. The van der Waals surface area contributed by atoms with Gasteiger partial charge in [0, 0.05) is 17.1 Å². The summed E-state index contributed by atoms with van der Waals surface area (Å²) in [6.07, 6.45) is 4.55. The average Bonchev–Trinajstić information content (AvgIpc) is 2.95. The third-order valence-electron chi connectivity index (χ3n) is 4.46. The van der Waals surface area contributed by atoms with Gasteiger partial charge in [-0.1, -0.05) is 40.9 Å². The predicted octanol–water partition coefficient (Wildman–Crippen LogP) is 3.32. The second-order valence-corrected chi connectivity index (χ2v) is 8.58. The minimum absolute atomic E-state index is 0.0798. The van der Waals surface area contributed by atoms with Gasteiger partial charge in [0.15, 0.2) is 0 Å². The fourth-order valence-electron chi connectivity index (χ4n) is 3.45. The number of ether oxygens (including phenoxy) is 1. The van der Waals surface area contributed by atoms with Crippen molar-refractivity contribution in [3.05, 3.63) is 34.3 Å². The summed E-state index contributed by atoms with van der Waals surface area (Å²) in [5.41, 5.74) is 0.932. The summed E-state index contributed by atoms with van der Waals surface area (Å²) in [7, 11) is -2.18. The molecule has 23 heavy (non-hydrogen) atoms. The molecule has 2 rings (SSSR count). The molecule has 0 amide bonds. The van der Waals surface area contributed by atoms with E-state index in [1.807, 2.05) is 12.1 Å². The zero-order valence-electron chi connectivity index (χ0n) is 13.3. The first-order valence-electron chi connectivity index (χ1n) is 7.85. The molecule has 0 saturated heterocycles. The van der Waals surface area contributed by atoms with Crippen molar-refractivity contribution in [1.29, 1.82) is 0 Å². The van der Waals surface area contributed by atoms with Crippen molar-refractivity contribution >= 4 is 26.0 Å². The molecule has 1 atom stereocenters. The molecule has 1 aliphatic rings. The third-order valence-corrected chi connectivity index (χ3v) is 5.80. The summed E-state index contributed by atoms with van der Waals surface area (Å²) in [5, 5.41) is 3.52. The van der Waals surface area contributed by atoms with Crippen LogP contribution in [0, 0.1) is 0 Å². The maximum Gasteiger partial charge on any atom is 0.264 e. The molecule has 2 N–H and O–H groups in total. The number of nitrogens with one attached hydrogen (secondary N) is 1. The molecule has 0 bridgehead atoms. The SMILES string of the molecule is COC(c1ccc(Br)cc1)C1(NCCCS(=O)(=O)O)CCCC1. The summed E-state index contributed by atoms with van der Waals surface area (Å²) in [4.78, 5) is 0. The second-order valence-electron chi connectivity index (χ2n) is 6.10. The van der Waals surface area contributed by atoms with E-state index in [2.05, 4.69) is 33.4 Å². The number of halogens is 1. The van der Waals surface area contributed by atoms with E-state index in [-0.39, 0.29) is 17.4 Å². The van der Waals surface area contributed by atoms with Gasteiger partial charge in [0.2, 0.25) is 0 Å². The van der Waals surface area contributed by atoms with Gasteiger partial charge in [-0.25, -0.2) is 0 Å². The van der Waals surface area contributed by atoms with Crippen molar-refractivity contribution in [2.75, 3.05) is 19.4 Å². The highest BCUT2D eigenvalue weighted by molar-refractivity contribution is 9.10. The van der Waals surface area contributed by atoms with Crippen molar-refractivity contribution in [3.63, 3.8) is 0 Å². The topological polar surface area (TPSA) is 75.6 Å². The molecule has 1 fully saturated rings. The van der Waals surface area contributed by atoms with Crippen LogP contribution in [0.2, 0.25) is 0 Å². The lowest BCUT2D eigenvalue weighted by atomic mass is 9.85. The minimum atomic E-state index is -3.90. The van der Waals surface area contributed by atoms with Crippen LogP contribution in [0.15, 0.2) is 28.7 Å². The van der Waals surface area contributed by atoms with Crippen molar-refractivity contribution in [1.82, 2.24) is 5.32 Å². The van der Waals surface area contributed by atoms with Gasteiger partial charge in [0.05, 0.1) is 5.75 Å². The third kappa shape index (κ3) is 5.26. The molecule has 1 aliphatic carbocycles. The molecule has 1 unspecified atom stereocenters. The van der Waals surface area contributed by atoms with E-state index in [1.165, 1.54) is 0 Å². The van der Waals surface area contributed by atoms with Gasteiger partial charge in [-0.05, 0) is 43.5 Å². The lowest BCUT2D eigenvalue weighted by molar-refractivity contribution is 0.0171. The Labute approximate surface area is 146 Å². The Hall–Kier alpha value is -0.470. The van der Waals surface area contributed by atoms with Crippen molar-refractivity contribution in [2.45, 2.75) is 43.7 Å². The molecule has 1 aromatic rings. The Morgan fingerprint density at radius 3 is 2.43 bits per heavy atom. The highest BCUT2D eigenvalue weighted by atomic mass is 79.9. The van der Waals surface area contributed by atoms with Crippen LogP contribution in [-0.4, -0.2) is 37.9 Å². The van der Waals surface area contributed by atoms with Gasteiger partial charge in [0.25, 0.3) is 10.1 Å². The first kappa shape index (κ1) is 18.9. The van der Waals surface area contributed by atoms with Crippen LogP contribution in [0.4, 0.5) is 0 Å². The molecule has 5 nitrogen and oxygen atoms in total. The normalized spacial score (nSPS) is 18.9. The first-order valence-corrected chi connectivity index (χ1v) is 10.2. The Kier molecular flexibility index (Phi) is 6.62. The van der Waals surface area contributed by atoms with Gasteiger partial charge < -0.3 is 10.1 Å². The predicted molar refractivity (Wildman–Crippen MR) is 94.1 cm³/mol. The standard InChI is InChI=1S/C16H24BrNO4S/c1-22-15(13-5-7-14(17)8-6-13)16(9-2-3-10-16)18-11-4-12-23(19,20)21/h5-8,15,18H,2-4,9-12H2,1H3,(H,19,20,21). The van der Waals surface area contributed by atoms with Crippen LogP contribution < -0.4 is 5.32 Å². The molecule has 0 heterocycles. The van der Waals surface area contributed by atoms with Crippen LogP contribution in [-0.2, 0) is 14.9 Å². The Balaban J connectivity index is 2.09. The minimum Gasteiger partial charge on any atom is -0.375 e. The molecule has 0 spiro atoms. The second kappa shape index (κ2) is 8.07. The fraction of sp³-hybridized carbons (Fsp3) is 0.625. The van der Waals surface area contributed by atoms with Crippen LogP contribution in [0.3, 0.4) is 0 Å². The van der Waals surface area contributed by atoms with E-state index in [4.69, 9.17) is 9.29 Å². The molecule has 7 heteroatoms. The van der Waals surface area contributed by atoms with Crippen LogP contribution in [0.25, 0.3) is 0 Å².